The van der Waals surface area contributed by atoms with E-state index in [4.69, 9.17) is 16.3 Å². The average Bonchev–Trinajstić information content (AvgIpc) is 3.27. The number of carbonyl (C=O) groups excluding carboxylic acids is 1. The number of benzene rings is 2. The number of hydrogen-bond donors (Lipinski definition) is 1. The molecule has 4 rings (SSSR count). The van der Waals surface area contributed by atoms with Crippen molar-refractivity contribution in [3.63, 3.8) is 0 Å². The van der Waals surface area contributed by atoms with Crippen LogP contribution >= 0.6 is 11.6 Å². The first-order chi connectivity index (χ1) is 18.3. The third-order valence-electron chi connectivity index (χ3n) is 5.61. The van der Waals surface area contributed by atoms with E-state index in [0.29, 0.717) is 29.1 Å². The molecule has 4 aromatic rings. The van der Waals surface area contributed by atoms with Crippen molar-refractivity contribution in [2.75, 3.05) is 30.5 Å². The van der Waals surface area contributed by atoms with Crippen molar-refractivity contribution in [1.82, 2.24) is 19.9 Å². The molecule has 0 spiro atoms. The van der Waals surface area contributed by atoms with Gasteiger partial charge in [-0.25, -0.2) is 18.4 Å². The van der Waals surface area contributed by atoms with E-state index < -0.39 is 33.2 Å². The molecule has 0 aliphatic carbocycles. The average molecular weight is 582 g/mol. The van der Waals surface area contributed by atoms with Crippen molar-refractivity contribution in [2.24, 2.45) is 0 Å². The number of nitrogens with one attached hydrogen (secondary N) is 1. The Balaban J connectivity index is 1.53. The molecular weight excluding hydrogens is 559 g/mol. The number of halogens is 4. The maximum absolute atomic E-state index is 13.0. The summed E-state index contributed by atoms with van der Waals surface area (Å²) in [6, 6.07) is 11.1. The zero-order valence-electron chi connectivity index (χ0n) is 20.7. The van der Waals surface area contributed by atoms with Crippen LogP contribution in [-0.2, 0) is 27.4 Å². The van der Waals surface area contributed by atoms with E-state index in [1.54, 1.807) is 42.4 Å². The van der Waals surface area contributed by atoms with E-state index in [-0.39, 0.29) is 23.1 Å². The smallest absolute Gasteiger partial charge is 0.416 e. The summed E-state index contributed by atoms with van der Waals surface area (Å²) in [4.78, 5) is 22.3. The van der Waals surface area contributed by atoms with Crippen molar-refractivity contribution in [3.8, 4) is 11.5 Å². The van der Waals surface area contributed by atoms with E-state index in [1.165, 1.54) is 18.5 Å². The fourth-order valence-electron chi connectivity index (χ4n) is 3.82. The number of amides is 1. The Morgan fingerprint density at radius 3 is 2.62 bits per heavy atom. The highest BCUT2D eigenvalue weighted by Crippen LogP contribution is 2.37. The molecule has 206 valence electrons. The van der Waals surface area contributed by atoms with Crippen LogP contribution < -0.4 is 15.0 Å². The van der Waals surface area contributed by atoms with Crippen LogP contribution in [0.4, 0.5) is 24.7 Å². The monoisotopic (exact) mass is 581 g/mol. The van der Waals surface area contributed by atoms with Crippen LogP contribution in [0.1, 0.15) is 5.56 Å². The molecule has 0 aliphatic heterocycles. The third-order valence-corrected chi connectivity index (χ3v) is 6.69. The fraction of sp³-hybridized carbons (Fsp3) is 0.240. The van der Waals surface area contributed by atoms with E-state index in [1.807, 2.05) is 4.57 Å². The van der Waals surface area contributed by atoms with Gasteiger partial charge in [-0.1, -0.05) is 17.7 Å². The van der Waals surface area contributed by atoms with Gasteiger partial charge in [0.15, 0.2) is 15.7 Å². The van der Waals surface area contributed by atoms with Gasteiger partial charge in [0.25, 0.3) is 0 Å². The molecule has 0 saturated carbocycles. The molecule has 0 radical (unpaired) electrons. The van der Waals surface area contributed by atoms with Gasteiger partial charge in [0.1, 0.15) is 29.1 Å². The number of carbonyl (C=O) groups is 1. The van der Waals surface area contributed by atoms with Crippen LogP contribution in [0.2, 0.25) is 5.02 Å². The van der Waals surface area contributed by atoms with Gasteiger partial charge in [0.2, 0.25) is 5.91 Å². The van der Waals surface area contributed by atoms with Crippen LogP contribution in [-0.4, -0.2) is 54.5 Å². The maximum atomic E-state index is 13.0. The van der Waals surface area contributed by atoms with E-state index in [0.717, 1.165) is 18.4 Å². The Morgan fingerprint density at radius 2 is 1.92 bits per heavy atom. The summed E-state index contributed by atoms with van der Waals surface area (Å²) in [6.45, 7) is 0.515. The molecule has 0 atom stereocenters. The second-order valence-electron chi connectivity index (χ2n) is 8.66. The Hall–Kier alpha value is -3.84. The lowest BCUT2D eigenvalue weighted by Crippen LogP contribution is -2.32. The van der Waals surface area contributed by atoms with E-state index >= 15 is 0 Å². The Morgan fingerprint density at radius 1 is 1.15 bits per heavy atom. The molecule has 14 heteroatoms. The third kappa shape index (κ3) is 6.98. The quantitative estimate of drug-likeness (QED) is 0.302. The van der Waals surface area contributed by atoms with Gasteiger partial charge in [-0.15, -0.1) is 0 Å². The zero-order valence-corrected chi connectivity index (χ0v) is 22.3. The molecule has 2 aromatic carbocycles. The first-order valence-electron chi connectivity index (χ1n) is 11.4. The van der Waals surface area contributed by atoms with Crippen LogP contribution in [0, 0.1) is 0 Å². The highest BCUT2D eigenvalue weighted by Gasteiger charge is 2.30. The van der Waals surface area contributed by atoms with Gasteiger partial charge in [-0.3, -0.25) is 4.79 Å². The lowest BCUT2D eigenvalue weighted by Gasteiger charge is -2.21. The van der Waals surface area contributed by atoms with Gasteiger partial charge < -0.3 is 19.5 Å². The minimum Gasteiger partial charge on any atom is -0.456 e. The number of sulfone groups is 1. The van der Waals surface area contributed by atoms with Crippen molar-refractivity contribution in [2.45, 2.75) is 12.7 Å². The number of nitrogens with zero attached hydrogens (tertiary/aromatic N) is 4. The number of anilines is 2. The summed E-state index contributed by atoms with van der Waals surface area (Å²) in [5, 5.41) is 2.75. The zero-order chi connectivity index (χ0) is 28.4. The number of hydrogen-bond acceptors (Lipinski definition) is 7. The van der Waals surface area contributed by atoms with Crippen molar-refractivity contribution in [1.29, 1.82) is 0 Å². The summed E-state index contributed by atoms with van der Waals surface area (Å²) >= 11 is 6.42. The normalized spacial score (nSPS) is 11.9. The van der Waals surface area contributed by atoms with Crippen LogP contribution in [0.5, 0.6) is 11.5 Å². The highest BCUT2D eigenvalue weighted by atomic mass is 35.5. The number of fused-ring (bicyclic) bond motifs is 1. The molecule has 1 N–H and O–H groups in total. The van der Waals surface area contributed by atoms with Crippen molar-refractivity contribution < 1.29 is 31.1 Å². The molecule has 9 nitrogen and oxygen atoms in total. The second kappa shape index (κ2) is 11.1. The number of alkyl halides is 3. The number of ether oxygens (including phenoxy) is 1. The van der Waals surface area contributed by atoms with Gasteiger partial charge in [-0.2, -0.15) is 13.2 Å². The fourth-order valence-corrected chi connectivity index (χ4v) is 4.61. The molecule has 2 heterocycles. The molecule has 1 amide bonds. The SMILES string of the molecule is CN(c1ccc(Oc2cccc(C(F)(F)F)c2)c(Cl)c1)c1ncnc2ccn(CCNC(=O)CS(C)(=O)=O)c12. The van der Waals surface area contributed by atoms with Gasteiger partial charge in [-0.05, 0) is 42.5 Å². The van der Waals surface area contributed by atoms with Crippen molar-refractivity contribution in [3.05, 3.63) is 71.6 Å². The minimum atomic E-state index is -4.50. The van der Waals surface area contributed by atoms with Gasteiger partial charge in [0.05, 0.1) is 16.1 Å². The predicted molar refractivity (Wildman–Crippen MR) is 141 cm³/mol. The summed E-state index contributed by atoms with van der Waals surface area (Å²) in [5.41, 5.74) is 1.09. The standard InChI is InChI=1S/C25H23ClF3N5O4S/c1-33(17-6-7-21(19(26)13-17)38-18-5-3-4-16(12-18)25(27,28)29)24-23-20(31-15-32-24)8-10-34(23)11-9-30-22(35)14-39(2,36)37/h3-8,10,12-13,15H,9,11,14H2,1-2H3,(H,30,35). The minimum absolute atomic E-state index is 0.00760. The Labute approximate surface area is 227 Å². The summed E-state index contributed by atoms with van der Waals surface area (Å²) in [5.74, 6) is -0.495. The molecule has 2 aromatic heterocycles. The summed E-state index contributed by atoms with van der Waals surface area (Å²) in [7, 11) is -1.68. The predicted octanol–water partition coefficient (Wildman–Crippen LogP) is 4.82. The van der Waals surface area contributed by atoms with E-state index in [2.05, 4.69) is 15.3 Å². The summed E-state index contributed by atoms with van der Waals surface area (Å²) < 4.78 is 69.1. The topological polar surface area (TPSA) is 106 Å². The second-order valence-corrected chi connectivity index (χ2v) is 11.2. The van der Waals surface area contributed by atoms with Gasteiger partial charge in [0, 0.05) is 38.3 Å². The Kier molecular flexibility index (Phi) is 8.02. The molecule has 0 aliphatic rings. The van der Waals surface area contributed by atoms with E-state index in [9.17, 15) is 26.4 Å². The molecule has 0 bridgehead atoms. The first-order valence-corrected chi connectivity index (χ1v) is 13.9. The maximum Gasteiger partial charge on any atom is 0.416 e. The highest BCUT2D eigenvalue weighted by molar-refractivity contribution is 7.91. The molecular formula is C25H23ClF3N5O4S. The van der Waals surface area contributed by atoms with Gasteiger partial charge >= 0.3 is 6.18 Å². The van der Waals surface area contributed by atoms with Crippen molar-refractivity contribution >= 4 is 49.9 Å². The molecule has 0 unspecified atom stereocenters. The number of aromatic nitrogens is 3. The van der Waals surface area contributed by atoms with Crippen LogP contribution in [0.3, 0.4) is 0 Å². The lowest BCUT2D eigenvalue weighted by molar-refractivity contribution is -0.137. The Bertz CT molecular complexity index is 1630. The molecule has 0 saturated heterocycles. The van der Waals surface area contributed by atoms with Crippen LogP contribution in [0.25, 0.3) is 11.0 Å². The first kappa shape index (κ1) is 28.2. The van der Waals surface area contributed by atoms with Crippen LogP contribution in [0.15, 0.2) is 61.1 Å². The molecule has 39 heavy (non-hydrogen) atoms. The lowest BCUT2D eigenvalue weighted by atomic mass is 10.2. The largest absolute Gasteiger partial charge is 0.456 e. The molecule has 0 fully saturated rings. The number of rotatable bonds is 9. The summed E-state index contributed by atoms with van der Waals surface area (Å²) in [6.07, 6.45) is -0.336.